The van der Waals surface area contributed by atoms with Crippen LogP contribution in [0.1, 0.15) is 44.9 Å². The average Bonchev–Trinajstić information content (AvgIpc) is 2.47. The zero-order valence-corrected chi connectivity index (χ0v) is 12.2. The van der Waals surface area contributed by atoms with Crippen LogP contribution in [0.5, 0.6) is 0 Å². The molecule has 0 aromatic rings. The lowest BCUT2D eigenvalue weighted by Crippen LogP contribution is -2.39. The fourth-order valence-electron chi connectivity index (χ4n) is 3.00. The lowest BCUT2D eigenvalue weighted by molar-refractivity contribution is -0.130. The maximum Gasteiger partial charge on any atom is 0.223 e. The summed E-state index contributed by atoms with van der Waals surface area (Å²) < 4.78 is 5.37. The molecule has 0 aromatic heterocycles. The summed E-state index contributed by atoms with van der Waals surface area (Å²) in [7, 11) is 1.95. The van der Waals surface area contributed by atoms with E-state index in [0.29, 0.717) is 18.4 Å². The van der Waals surface area contributed by atoms with Gasteiger partial charge in [-0.3, -0.25) is 4.79 Å². The number of nitrogens with zero attached hydrogens (tertiary/aromatic N) is 1. The number of rotatable bonds is 5. The Morgan fingerprint density at radius 1 is 1.26 bits per heavy atom. The van der Waals surface area contributed by atoms with Crippen LogP contribution in [0, 0.1) is 5.92 Å². The van der Waals surface area contributed by atoms with Crippen molar-refractivity contribution in [2.45, 2.75) is 51.0 Å². The zero-order chi connectivity index (χ0) is 13.5. The molecule has 19 heavy (non-hydrogen) atoms. The van der Waals surface area contributed by atoms with Gasteiger partial charge in [-0.1, -0.05) is 6.42 Å². The van der Waals surface area contributed by atoms with Crippen LogP contribution in [0.15, 0.2) is 0 Å². The summed E-state index contributed by atoms with van der Waals surface area (Å²) in [5.41, 5.74) is 0. The zero-order valence-electron chi connectivity index (χ0n) is 12.2. The summed E-state index contributed by atoms with van der Waals surface area (Å²) in [4.78, 5) is 14.1. The summed E-state index contributed by atoms with van der Waals surface area (Å²) in [6.45, 7) is 3.77. The average molecular weight is 268 g/mol. The molecule has 0 aromatic carbocycles. The van der Waals surface area contributed by atoms with Crippen LogP contribution < -0.4 is 5.32 Å². The highest BCUT2D eigenvalue weighted by atomic mass is 16.5. The minimum Gasteiger partial charge on any atom is -0.381 e. The maximum atomic E-state index is 12.1. The molecule has 4 nitrogen and oxygen atoms in total. The maximum absolute atomic E-state index is 12.1. The van der Waals surface area contributed by atoms with E-state index in [1.54, 1.807) is 0 Å². The van der Waals surface area contributed by atoms with Gasteiger partial charge in [0.15, 0.2) is 0 Å². The molecule has 1 N–H and O–H groups in total. The van der Waals surface area contributed by atoms with Gasteiger partial charge in [-0.15, -0.1) is 0 Å². The summed E-state index contributed by atoms with van der Waals surface area (Å²) >= 11 is 0. The number of piperidine rings is 1. The molecule has 2 saturated heterocycles. The Morgan fingerprint density at radius 3 is 2.74 bits per heavy atom. The van der Waals surface area contributed by atoms with Crippen molar-refractivity contribution in [1.29, 1.82) is 0 Å². The standard InChI is InChI=1S/C15H28N2O2/c1-17(9-5-13-6-10-19-11-7-13)15(18)12-14-4-2-3-8-16-14/h13-14,16H,2-12H2,1H3. The van der Waals surface area contributed by atoms with Crippen molar-refractivity contribution in [3.8, 4) is 0 Å². The quantitative estimate of drug-likeness (QED) is 0.826. The van der Waals surface area contributed by atoms with Crippen molar-refractivity contribution in [2.24, 2.45) is 5.92 Å². The van der Waals surface area contributed by atoms with Crippen LogP contribution in [0.4, 0.5) is 0 Å². The highest BCUT2D eigenvalue weighted by Crippen LogP contribution is 2.19. The number of nitrogens with one attached hydrogen (secondary N) is 1. The molecule has 0 radical (unpaired) electrons. The Bertz CT molecular complexity index is 271. The number of ether oxygens (including phenoxy) is 1. The van der Waals surface area contributed by atoms with Gasteiger partial charge in [0.2, 0.25) is 5.91 Å². The molecule has 1 unspecified atom stereocenters. The van der Waals surface area contributed by atoms with E-state index >= 15 is 0 Å². The normalized spacial score (nSPS) is 25.2. The van der Waals surface area contributed by atoms with Gasteiger partial charge in [-0.05, 0) is 44.6 Å². The molecule has 2 aliphatic heterocycles. The van der Waals surface area contributed by atoms with Gasteiger partial charge >= 0.3 is 0 Å². The molecule has 4 heteroatoms. The van der Waals surface area contributed by atoms with E-state index < -0.39 is 0 Å². The highest BCUT2D eigenvalue weighted by Gasteiger charge is 2.20. The number of carbonyl (C=O) groups is 1. The van der Waals surface area contributed by atoms with Gasteiger partial charge in [-0.2, -0.15) is 0 Å². The summed E-state index contributed by atoms with van der Waals surface area (Å²) in [5.74, 6) is 1.04. The Labute approximate surface area is 116 Å². The molecule has 1 atom stereocenters. The minimum absolute atomic E-state index is 0.298. The first-order chi connectivity index (χ1) is 9.25. The first-order valence-corrected chi connectivity index (χ1v) is 7.81. The molecule has 0 saturated carbocycles. The third-order valence-electron chi connectivity index (χ3n) is 4.47. The van der Waals surface area contributed by atoms with Crippen LogP contribution >= 0.6 is 0 Å². The number of hydrogen-bond acceptors (Lipinski definition) is 3. The van der Waals surface area contributed by atoms with Crippen molar-refractivity contribution < 1.29 is 9.53 Å². The Morgan fingerprint density at radius 2 is 2.05 bits per heavy atom. The van der Waals surface area contributed by atoms with E-state index in [1.807, 2.05) is 11.9 Å². The molecule has 0 spiro atoms. The van der Waals surface area contributed by atoms with Crippen LogP contribution in [0.2, 0.25) is 0 Å². The van der Waals surface area contributed by atoms with Crippen molar-refractivity contribution in [2.75, 3.05) is 33.4 Å². The Kier molecular flexibility index (Phi) is 6.11. The number of carbonyl (C=O) groups excluding carboxylic acids is 1. The first-order valence-electron chi connectivity index (χ1n) is 7.81. The Hall–Kier alpha value is -0.610. The van der Waals surface area contributed by atoms with E-state index in [1.165, 1.54) is 12.8 Å². The van der Waals surface area contributed by atoms with E-state index in [9.17, 15) is 4.79 Å². The topological polar surface area (TPSA) is 41.6 Å². The van der Waals surface area contributed by atoms with Crippen LogP contribution in [-0.2, 0) is 9.53 Å². The lowest BCUT2D eigenvalue weighted by Gasteiger charge is -2.27. The highest BCUT2D eigenvalue weighted by molar-refractivity contribution is 5.76. The van der Waals surface area contributed by atoms with E-state index in [2.05, 4.69) is 5.32 Å². The van der Waals surface area contributed by atoms with Crippen LogP contribution in [0.25, 0.3) is 0 Å². The van der Waals surface area contributed by atoms with E-state index in [4.69, 9.17) is 4.74 Å². The summed E-state index contributed by atoms with van der Waals surface area (Å²) in [6.07, 6.45) is 7.78. The second-order valence-electron chi connectivity index (χ2n) is 6.01. The Balaban J connectivity index is 1.63. The molecule has 1 amide bonds. The fourth-order valence-corrected chi connectivity index (χ4v) is 3.00. The van der Waals surface area contributed by atoms with Gasteiger partial charge in [0, 0.05) is 39.3 Å². The molecule has 2 aliphatic rings. The first kappa shape index (κ1) is 14.8. The molecular weight excluding hydrogens is 240 g/mol. The van der Waals surface area contributed by atoms with Crippen molar-refractivity contribution in [1.82, 2.24) is 10.2 Å². The number of hydrogen-bond donors (Lipinski definition) is 1. The van der Waals surface area contributed by atoms with Gasteiger partial charge in [0.05, 0.1) is 0 Å². The fraction of sp³-hybridized carbons (Fsp3) is 0.933. The van der Waals surface area contributed by atoms with Gasteiger partial charge in [0.25, 0.3) is 0 Å². The lowest BCUT2D eigenvalue weighted by atomic mass is 9.96. The van der Waals surface area contributed by atoms with Crippen molar-refractivity contribution in [3.63, 3.8) is 0 Å². The molecule has 110 valence electrons. The predicted molar refractivity (Wildman–Crippen MR) is 76.1 cm³/mol. The van der Waals surface area contributed by atoms with Gasteiger partial charge in [-0.25, -0.2) is 0 Å². The third kappa shape index (κ3) is 5.11. The molecule has 0 bridgehead atoms. The van der Waals surface area contributed by atoms with E-state index in [0.717, 1.165) is 57.9 Å². The predicted octanol–water partition coefficient (Wildman–Crippen LogP) is 1.79. The molecule has 2 rings (SSSR count). The summed E-state index contributed by atoms with van der Waals surface area (Å²) in [6, 6.07) is 0.409. The molecular formula is C15H28N2O2. The smallest absolute Gasteiger partial charge is 0.223 e. The van der Waals surface area contributed by atoms with Crippen LogP contribution in [-0.4, -0.2) is 50.2 Å². The monoisotopic (exact) mass is 268 g/mol. The van der Waals surface area contributed by atoms with Gasteiger partial charge in [0.1, 0.15) is 0 Å². The second kappa shape index (κ2) is 7.85. The summed E-state index contributed by atoms with van der Waals surface area (Å²) in [5, 5.41) is 3.45. The molecule has 0 aliphatic carbocycles. The third-order valence-corrected chi connectivity index (χ3v) is 4.47. The van der Waals surface area contributed by atoms with Crippen molar-refractivity contribution >= 4 is 5.91 Å². The number of amides is 1. The van der Waals surface area contributed by atoms with Gasteiger partial charge < -0.3 is 15.0 Å². The SMILES string of the molecule is CN(CCC1CCOCC1)C(=O)CC1CCCCN1. The van der Waals surface area contributed by atoms with E-state index in [-0.39, 0.29) is 0 Å². The van der Waals surface area contributed by atoms with Crippen molar-refractivity contribution in [3.05, 3.63) is 0 Å². The minimum atomic E-state index is 0.298. The molecule has 2 fully saturated rings. The molecule has 2 heterocycles. The van der Waals surface area contributed by atoms with Crippen LogP contribution in [0.3, 0.4) is 0 Å². The largest absolute Gasteiger partial charge is 0.381 e. The second-order valence-corrected chi connectivity index (χ2v) is 6.01.